The average molecular weight is 384 g/mol. The smallest absolute Gasteiger partial charge is 0.309 e. The third-order valence-corrected chi connectivity index (χ3v) is 6.42. The molecule has 2 amide bonds. The number of carboxylic acids is 1. The quantitative estimate of drug-likeness (QED) is 0.607. The predicted octanol–water partition coefficient (Wildman–Crippen LogP) is 2.83. The summed E-state index contributed by atoms with van der Waals surface area (Å²) in [6, 6.07) is 10.3. The van der Waals surface area contributed by atoms with Crippen LogP contribution in [0, 0.1) is 16.7 Å². The number of carbonyl (C=O) groups is 3. The first-order valence-corrected chi connectivity index (χ1v) is 9.13. The van der Waals surface area contributed by atoms with E-state index in [1.807, 2.05) is 24.3 Å². The van der Waals surface area contributed by atoms with E-state index in [4.69, 9.17) is 0 Å². The number of nitrogens with one attached hydrogen (secondary N) is 2. The summed E-state index contributed by atoms with van der Waals surface area (Å²) in [5.41, 5.74) is 2.96. The van der Waals surface area contributed by atoms with Gasteiger partial charge in [0.05, 0.1) is 11.0 Å². The lowest BCUT2D eigenvalue weighted by molar-refractivity contribution is -0.155. The van der Waals surface area contributed by atoms with Gasteiger partial charge < -0.3 is 10.2 Å². The molecule has 148 valence electrons. The van der Waals surface area contributed by atoms with Crippen molar-refractivity contribution in [3.63, 3.8) is 0 Å². The second-order valence-corrected chi connectivity index (χ2v) is 8.11. The summed E-state index contributed by atoms with van der Waals surface area (Å²) in [5.74, 6) is -2.76. The maximum absolute atomic E-state index is 12.6. The largest absolute Gasteiger partial charge is 0.507 e. The zero-order chi connectivity index (χ0) is 20.7. The monoisotopic (exact) mass is 384 g/mol. The minimum absolute atomic E-state index is 0.0417. The van der Waals surface area contributed by atoms with Crippen molar-refractivity contribution >= 4 is 28.6 Å². The lowest BCUT2D eigenvalue weighted by Crippen LogP contribution is -2.49. The molecular formula is C21H24N2O5. The molecular weight excluding hydrogens is 360 g/mol. The number of hydrogen-bond donors (Lipinski definition) is 4. The van der Waals surface area contributed by atoms with E-state index in [1.165, 1.54) is 6.07 Å². The molecule has 0 aromatic heterocycles. The zero-order valence-corrected chi connectivity index (χ0v) is 16.1. The van der Waals surface area contributed by atoms with Crippen LogP contribution in [-0.4, -0.2) is 28.0 Å². The van der Waals surface area contributed by atoms with Crippen LogP contribution in [0.3, 0.4) is 0 Å². The van der Waals surface area contributed by atoms with Crippen molar-refractivity contribution in [1.29, 1.82) is 0 Å². The number of carbonyl (C=O) groups excluding carboxylic acids is 2. The number of amides is 2. The van der Waals surface area contributed by atoms with Crippen molar-refractivity contribution < 1.29 is 24.6 Å². The van der Waals surface area contributed by atoms with Gasteiger partial charge in [-0.2, -0.15) is 0 Å². The minimum Gasteiger partial charge on any atom is -0.507 e. The van der Waals surface area contributed by atoms with E-state index in [-0.39, 0.29) is 11.3 Å². The Bertz CT molecular complexity index is 968. The Morgan fingerprint density at radius 1 is 1.04 bits per heavy atom. The molecule has 1 aliphatic carbocycles. The Morgan fingerprint density at radius 2 is 1.64 bits per heavy atom. The summed E-state index contributed by atoms with van der Waals surface area (Å²) in [6.07, 6.45) is 0.797. The number of rotatable bonds is 3. The van der Waals surface area contributed by atoms with Gasteiger partial charge in [-0.1, -0.05) is 38.1 Å². The van der Waals surface area contributed by atoms with Crippen molar-refractivity contribution in [2.24, 2.45) is 16.7 Å². The van der Waals surface area contributed by atoms with Crippen LogP contribution in [0.15, 0.2) is 36.4 Å². The van der Waals surface area contributed by atoms with Crippen molar-refractivity contribution in [3.8, 4) is 5.75 Å². The van der Waals surface area contributed by atoms with Gasteiger partial charge in [-0.3, -0.25) is 25.2 Å². The summed E-state index contributed by atoms with van der Waals surface area (Å²) in [7, 11) is 0. The Balaban J connectivity index is 1.72. The number of carboxylic acid groups (broad SMARTS) is 1. The summed E-state index contributed by atoms with van der Waals surface area (Å²) in [4.78, 5) is 36.7. The van der Waals surface area contributed by atoms with Gasteiger partial charge in [0, 0.05) is 5.92 Å². The van der Waals surface area contributed by atoms with Crippen LogP contribution in [0.1, 0.15) is 44.0 Å². The highest BCUT2D eigenvalue weighted by atomic mass is 16.4. The molecule has 3 rings (SSSR count). The molecule has 2 aromatic carbocycles. The van der Waals surface area contributed by atoms with E-state index < -0.39 is 34.5 Å². The molecule has 2 unspecified atom stereocenters. The Hall–Kier alpha value is -3.09. The van der Waals surface area contributed by atoms with Crippen molar-refractivity contribution in [2.75, 3.05) is 0 Å². The summed E-state index contributed by atoms with van der Waals surface area (Å²) in [6.45, 7) is 5.17. The van der Waals surface area contributed by atoms with E-state index in [1.54, 1.807) is 26.8 Å². The standard InChI is InChI=1S/C21H24N2O5/c1-20(2)15(8-9-21(20,3)19(27)28)18(26)23-22-17(25)14-10-12-6-4-5-7-13(12)11-16(14)24/h4-7,10-11,15,24H,8-9H2,1-3H3,(H,22,25)(H,23,26)(H,27,28). The first-order valence-electron chi connectivity index (χ1n) is 9.13. The molecule has 2 atom stereocenters. The fourth-order valence-corrected chi connectivity index (χ4v) is 4.02. The van der Waals surface area contributed by atoms with Crippen molar-refractivity contribution in [3.05, 3.63) is 42.0 Å². The molecule has 0 bridgehead atoms. The molecule has 0 aliphatic heterocycles. The van der Waals surface area contributed by atoms with Crippen LogP contribution >= 0.6 is 0 Å². The third-order valence-electron chi connectivity index (χ3n) is 6.42. The van der Waals surface area contributed by atoms with Crippen LogP contribution in [-0.2, 0) is 9.59 Å². The number of aromatic hydroxyl groups is 1. The Morgan fingerprint density at radius 3 is 2.21 bits per heavy atom. The van der Waals surface area contributed by atoms with Gasteiger partial charge in [-0.15, -0.1) is 0 Å². The molecule has 2 aromatic rings. The molecule has 0 heterocycles. The van der Waals surface area contributed by atoms with Gasteiger partial charge in [0.2, 0.25) is 5.91 Å². The lowest BCUT2D eigenvalue weighted by Gasteiger charge is -2.37. The number of aliphatic carboxylic acids is 1. The summed E-state index contributed by atoms with van der Waals surface area (Å²) in [5, 5.41) is 21.3. The van der Waals surface area contributed by atoms with Crippen LogP contribution in [0.25, 0.3) is 10.8 Å². The fraction of sp³-hybridized carbons (Fsp3) is 0.381. The number of phenols is 1. The molecule has 28 heavy (non-hydrogen) atoms. The second kappa shape index (κ2) is 6.82. The molecule has 1 fully saturated rings. The number of benzene rings is 2. The van der Waals surface area contributed by atoms with Gasteiger partial charge in [-0.05, 0) is 48.1 Å². The number of hydrazine groups is 1. The van der Waals surface area contributed by atoms with Gasteiger partial charge >= 0.3 is 5.97 Å². The topological polar surface area (TPSA) is 116 Å². The van der Waals surface area contributed by atoms with E-state index >= 15 is 0 Å². The molecule has 7 nitrogen and oxygen atoms in total. The maximum atomic E-state index is 12.6. The molecule has 1 saturated carbocycles. The van der Waals surface area contributed by atoms with Gasteiger partial charge in [-0.25, -0.2) is 0 Å². The SMILES string of the molecule is CC1(C(=O)O)CCC(C(=O)NNC(=O)c2cc3ccccc3cc2O)C1(C)C. The normalized spacial score (nSPS) is 23.3. The molecule has 0 spiro atoms. The predicted molar refractivity (Wildman–Crippen MR) is 103 cm³/mol. The zero-order valence-electron chi connectivity index (χ0n) is 16.1. The van der Waals surface area contributed by atoms with E-state index in [0.717, 1.165) is 10.8 Å². The summed E-state index contributed by atoms with van der Waals surface area (Å²) >= 11 is 0. The average Bonchev–Trinajstić information content (AvgIpc) is 2.89. The highest BCUT2D eigenvalue weighted by Gasteiger charge is 2.58. The van der Waals surface area contributed by atoms with E-state index in [2.05, 4.69) is 10.9 Å². The van der Waals surface area contributed by atoms with Crippen LogP contribution in [0.5, 0.6) is 5.75 Å². The van der Waals surface area contributed by atoms with E-state index in [0.29, 0.717) is 12.8 Å². The fourth-order valence-electron chi connectivity index (χ4n) is 4.02. The number of hydrogen-bond acceptors (Lipinski definition) is 4. The number of fused-ring (bicyclic) bond motifs is 1. The molecule has 1 aliphatic rings. The maximum Gasteiger partial charge on any atom is 0.309 e. The minimum atomic E-state index is -1.02. The van der Waals surface area contributed by atoms with Crippen LogP contribution in [0.4, 0.5) is 0 Å². The molecule has 0 radical (unpaired) electrons. The van der Waals surface area contributed by atoms with E-state index in [9.17, 15) is 24.6 Å². The Kier molecular flexibility index (Phi) is 4.79. The molecule has 0 saturated heterocycles. The van der Waals surface area contributed by atoms with Gasteiger partial charge in [0.1, 0.15) is 5.75 Å². The first kappa shape index (κ1) is 19.7. The highest BCUT2D eigenvalue weighted by molar-refractivity contribution is 6.02. The van der Waals surface area contributed by atoms with Crippen LogP contribution in [0.2, 0.25) is 0 Å². The van der Waals surface area contributed by atoms with Crippen LogP contribution < -0.4 is 10.9 Å². The van der Waals surface area contributed by atoms with Gasteiger partial charge in [0.15, 0.2) is 0 Å². The molecule has 4 N–H and O–H groups in total. The van der Waals surface area contributed by atoms with Gasteiger partial charge in [0.25, 0.3) is 5.91 Å². The summed E-state index contributed by atoms with van der Waals surface area (Å²) < 4.78 is 0. The lowest BCUT2D eigenvalue weighted by atomic mass is 9.65. The first-order chi connectivity index (χ1) is 13.1. The van der Waals surface area contributed by atoms with Crippen molar-refractivity contribution in [1.82, 2.24) is 10.9 Å². The van der Waals surface area contributed by atoms with Crippen molar-refractivity contribution in [2.45, 2.75) is 33.6 Å². The second-order valence-electron chi connectivity index (χ2n) is 8.11. The third kappa shape index (κ3) is 3.06. The number of phenolic OH excluding ortho intramolecular Hbond substituents is 1. The molecule has 7 heteroatoms. The Labute approximate surface area is 162 Å². The highest BCUT2D eigenvalue weighted by Crippen LogP contribution is 2.56.